The van der Waals surface area contributed by atoms with Crippen molar-refractivity contribution in [3.8, 4) is 0 Å². The molecule has 0 aromatic rings. The molecule has 2 unspecified atom stereocenters. The van der Waals surface area contributed by atoms with Gasteiger partial charge in [0.2, 0.25) is 11.8 Å². The largest absolute Gasteiger partial charge is 0.382 e. The molecule has 86 valence electrons. The van der Waals surface area contributed by atoms with Gasteiger partial charge in [-0.05, 0) is 6.42 Å². The van der Waals surface area contributed by atoms with Crippen LogP contribution in [0.4, 0.5) is 0 Å². The van der Waals surface area contributed by atoms with Crippen LogP contribution in [-0.4, -0.2) is 35.9 Å². The van der Waals surface area contributed by atoms with Gasteiger partial charge in [0.1, 0.15) is 10.4 Å². The van der Waals surface area contributed by atoms with E-state index in [0.29, 0.717) is 6.42 Å². The van der Waals surface area contributed by atoms with Gasteiger partial charge >= 0.3 is 0 Å². The molecule has 0 aromatic carbocycles. The van der Waals surface area contributed by atoms with Gasteiger partial charge in [0.15, 0.2) is 0 Å². The molecule has 0 spiro atoms. The highest BCUT2D eigenvalue weighted by atomic mass is 35.5. The molecule has 0 aromatic heterocycles. The number of primary amides is 1. The monoisotopic (exact) mass is 254 g/mol. The highest BCUT2D eigenvalue weighted by Crippen LogP contribution is 2.53. The fourth-order valence-electron chi connectivity index (χ4n) is 1.13. The molecule has 1 aliphatic carbocycles. The van der Waals surface area contributed by atoms with Crippen molar-refractivity contribution in [2.24, 2.45) is 11.7 Å². The smallest absolute Gasteiger partial charge is 0.242 e. The van der Waals surface area contributed by atoms with Gasteiger partial charge in [-0.2, -0.15) is 0 Å². The number of rotatable bonds is 5. The lowest BCUT2D eigenvalue weighted by Crippen LogP contribution is -2.48. The molecule has 2 atom stereocenters. The first-order valence-electron chi connectivity index (χ1n) is 4.35. The van der Waals surface area contributed by atoms with Crippen LogP contribution < -0.4 is 11.1 Å². The zero-order valence-corrected chi connectivity index (χ0v) is 9.64. The van der Waals surface area contributed by atoms with Crippen LogP contribution in [0.2, 0.25) is 0 Å². The first-order valence-corrected chi connectivity index (χ1v) is 5.10. The van der Waals surface area contributed by atoms with Gasteiger partial charge in [0, 0.05) is 7.11 Å². The van der Waals surface area contributed by atoms with E-state index in [9.17, 15) is 9.59 Å². The van der Waals surface area contributed by atoms with E-state index >= 15 is 0 Å². The van der Waals surface area contributed by atoms with Crippen molar-refractivity contribution >= 4 is 35.0 Å². The minimum atomic E-state index is -1.00. The number of carbonyl (C=O) groups is 2. The molecular formula is C8H12Cl2N2O3. The van der Waals surface area contributed by atoms with E-state index in [-0.39, 0.29) is 12.5 Å². The summed E-state index contributed by atoms with van der Waals surface area (Å²) >= 11 is 11.4. The van der Waals surface area contributed by atoms with Crippen LogP contribution in [-0.2, 0) is 14.3 Å². The van der Waals surface area contributed by atoms with Gasteiger partial charge in [0.25, 0.3) is 0 Å². The van der Waals surface area contributed by atoms with Gasteiger partial charge in [-0.3, -0.25) is 9.59 Å². The van der Waals surface area contributed by atoms with Crippen molar-refractivity contribution in [1.29, 1.82) is 0 Å². The van der Waals surface area contributed by atoms with Crippen LogP contribution in [0.25, 0.3) is 0 Å². The third-order valence-corrected chi connectivity index (χ3v) is 2.97. The molecule has 1 fully saturated rings. The Balaban J connectivity index is 2.45. The van der Waals surface area contributed by atoms with Crippen LogP contribution in [0.3, 0.4) is 0 Å². The standard InChI is InChI=1S/C8H12Cl2N2O3/c1-15-3-5(6(11)13)12-7(14)4-2-8(4,9)10/h4-5H,2-3H2,1H3,(H2,11,13)(H,12,14). The van der Waals surface area contributed by atoms with Crippen molar-refractivity contribution in [1.82, 2.24) is 5.32 Å². The normalized spacial score (nSPS) is 24.3. The summed E-state index contributed by atoms with van der Waals surface area (Å²) in [6.07, 6.45) is 0.389. The average Bonchev–Trinajstić information content (AvgIpc) is 2.74. The maximum Gasteiger partial charge on any atom is 0.242 e. The predicted molar refractivity (Wildman–Crippen MR) is 55.5 cm³/mol. The van der Waals surface area contributed by atoms with E-state index in [4.69, 9.17) is 33.7 Å². The average molecular weight is 255 g/mol. The van der Waals surface area contributed by atoms with Gasteiger partial charge in [0.05, 0.1) is 12.5 Å². The number of nitrogens with two attached hydrogens (primary N) is 1. The number of amides is 2. The van der Waals surface area contributed by atoms with Crippen LogP contribution in [0, 0.1) is 5.92 Å². The molecule has 7 heteroatoms. The Bertz CT molecular complexity index is 283. The molecule has 3 N–H and O–H groups in total. The second-order valence-electron chi connectivity index (χ2n) is 3.44. The minimum absolute atomic E-state index is 0.0331. The summed E-state index contributed by atoms with van der Waals surface area (Å²) < 4.78 is 3.74. The molecule has 0 bridgehead atoms. The maximum absolute atomic E-state index is 11.5. The summed E-state index contributed by atoms with van der Waals surface area (Å²) in [7, 11) is 1.41. The molecule has 1 aliphatic rings. The predicted octanol–water partition coefficient (Wildman–Crippen LogP) is -0.203. The Morgan fingerprint density at radius 1 is 1.67 bits per heavy atom. The van der Waals surface area contributed by atoms with Crippen LogP contribution in [0.15, 0.2) is 0 Å². The number of hydrogen-bond acceptors (Lipinski definition) is 3. The first-order chi connectivity index (χ1) is 6.88. The summed E-state index contributed by atoms with van der Waals surface area (Å²) in [5, 5.41) is 2.43. The quantitative estimate of drug-likeness (QED) is 0.667. The van der Waals surface area contributed by atoms with E-state index < -0.39 is 22.2 Å². The number of ether oxygens (including phenoxy) is 1. The summed E-state index contributed by atoms with van der Waals surface area (Å²) in [5.74, 6) is -1.50. The second-order valence-corrected chi connectivity index (χ2v) is 4.98. The van der Waals surface area contributed by atoms with Crippen molar-refractivity contribution in [3.05, 3.63) is 0 Å². The summed E-state index contributed by atoms with van der Waals surface area (Å²) in [6.45, 7) is 0.0331. The third kappa shape index (κ3) is 3.22. The van der Waals surface area contributed by atoms with Crippen LogP contribution in [0.5, 0.6) is 0 Å². The fourth-order valence-corrected chi connectivity index (χ4v) is 1.64. The molecule has 0 saturated heterocycles. The summed E-state index contributed by atoms with van der Waals surface area (Å²) in [4.78, 5) is 22.4. The zero-order chi connectivity index (χ0) is 11.6. The van der Waals surface area contributed by atoms with Crippen molar-refractivity contribution in [2.45, 2.75) is 16.8 Å². The van der Waals surface area contributed by atoms with Gasteiger partial charge in [-0.25, -0.2) is 0 Å². The molecule has 5 nitrogen and oxygen atoms in total. The third-order valence-electron chi connectivity index (χ3n) is 2.14. The number of alkyl halides is 2. The molecule has 0 heterocycles. The molecule has 2 amide bonds. The highest BCUT2D eigenvalue weighted by Gasteiger charge is 2.56. The molecule has 0 aliphatic heterocycles. The fraction of sp³-hybridized carbons (Fsp3) is 0.750. The first kappa shape index (κ1) is 12.5. The van der Waals surface area contributed by atoms with Crippen molar-refractivity contribution < 1.29 is 14.3 Å². The lowest BCUT2D eigenvalue weighted by atomic mass is 10.2. The molecular weight excluding hydrogens is 243 g/mol. The minimum Gasteiger partial charge on any atom is -0.382 e. The Morgan fingerprint density at radius 3 is 2.53 bits per heavy atom. The van der Waals surface area contributed by atoms with Gasteiger partial charge in [-0.1, -0.05) is 0 Å². The number of nitrogens with one attached hydrogen (secondary N) is 1. The molecule has 15 heavy (non-hydrogen) atoms. The van der Waals surface area contributed by atoms with E-state index in [0.717, 1.165) is 0 Å². The van der Waals surface area contributed by atoms with Gasteiger partial charge < -0.3 is 15.8 Å². The maximum atomic E-state index is 11.5. The van der Waals surface area contributed by atoms with Crippen molar-refractivity contribution in [2.75, 3.05) is 13.7 Å². The molecule has 0 radical (unpaired) electrons. The van der Waals surface area contributed by atoms with E-state index in [2.05, 4.69) is 5.32 Å². The van der Waals surface area contributed by atoms with Crippen molar-refractivity contribution in [3.63, 3.8) is 0 Å². The van der Waals surface area contributed by atoms with Gasteiger partial charge in [-0.15, -0.1) is 23.2 Å². The Hall–Kier alpha value is -0.520. The summed E-state index contributed by atoms with van der Waals surface area (Å²) in [6, 6.07) is -0.841. The lowest BCUT2D eigenvalue weighted by Gasteiger charge is -2.14. The Kier molecular flexibility index (Phi) is 3.81. The topological polar surface area (TPSA) is 81.4 Å². The SMILES string of the molecule is COCC(NC(=O)C1CC1(Cl)Cl)C(N)=O. The molecule has 1 rings (SSSR count). The number of halogens is 2. The zero-order valence-electron chi connectivity index (χ0n) is 8.13. The van der Waals surface area contributed by atoms with Crippen LogP contribution in [0.1, 0.15) is 6.42 Å². The number of hydrogen-bond donors (Lipinski definition) is 2. The number of carbonyl (C=O) groups excluding carboxylic acids is 2. The summed E-state index contributed by atoms with van der Waals surface area (Å²) in [5.41, 5.74) is 5.06. The Morgan fingerprint density at radius 2 is 2.20 bits per heavy atom. The highest BCUT2D eigenvalue weighted by molar-refractivity contribution is 6.52. The second kappa shape index (κ2) is 4.55. The van der Waals surface area contributed by atoms with E-state index in [1.165, 1.54) is 7.11 Å². The van der Waals surface area contributed by atoms with E-state index in [1.54, 1.807) is 0 Å². The Labute approximate surface area is 97.2 Å². The molecule has 1 saturated carbocycles. The lowest BCUT2D eigenvalue weighted by molar-refractivity contribution is -0.129. The van der Waals surface area contributed by atoms with Crippen LogP contribution >= 0.6 is 23.2 Å². The van der Waals surface area contributed by atoms with E-state index in [1.807, 2.05) is 0 Å². The number of methoxy groups -OCH3 is 1.